The van der Waals surface area contributed by atoms with Gasteiger partial charge in [-0.3, -0.25) is 0 Å². The average Bonchev–Trinajstić information content (AvgIpc) is 2.16. The molecule has 13 heavy (non-hydrogen) atoms. The van der Waals surface area contributed by atoms with E-state index in [1.165, 1.54) is 25.3 Å². The van der Waals surface area contributed by atoms with Crippen LogP contribution in [0.4, 0.5) is 0 Å². The highest BCUT2D eigenvalue weighted by Crippen LogP contribution is 2.16. The van der Waals surface area contributed by atoms with Gasteiger partial charge in [-0.2, -0.15) is 5.26 Å². The first-order chi connectivity index (χ1) is 6.19. The van der Waals surface area contributed by atoms with Gasteiger partial charge >= 0.3 is 0 Å². The topological polar surface area (TPSA) is 73.1 Å². The number of aromatic carboxylic acids is 1. The molecule has 0 amide bonds. The third-order valence-corrected chi connectivity index (χ3v) is 1.57. The zero-order valence-corrected chi connectivity index (χ0v) is 6.90. The van der Waals surface area contributed by atoms with Gasteiger partial charge in [0.2, 0.25) is 0 Å². The molecule has 0 unspecified atom stereocenters. The molecule has 0 aliphatic heterocycles. The molecule has 0 saturated carbocycles. The average molecular weight is 176 g/mol. The lowest BCUT2D eigenvalue weighted by atomic mass is 10.1. The molecule has 0 N–H and O–H groups in total. The Morgan fingerprint density at radius 3 is 2.77 bits per heavy atom. The molecule has 4 heteroatoms. The van der Waals surface area contributed by atoms with Crippen LogP contribution in [0.25, 0.3) is 0 Å². The summed E-state index contributed by atoms with van der Waals surface area (Å²) in [5.74, 6) is -0.992. The Bertz CT molecular complexity index is 379. The summed E-state index contributed by atoms with van der Waals surface area (Å²) >= 11 is 0. The van der Waals surface area contributed by atoms with E-state index in [0.717, 1.165) is 0 Å². The Kier molecular flexibility index (Phi) is 2.50. The smallest absolute Gasteiger partial charge is 0.119 e. The number of benzene rings is 1. The van der Waals surface area contributed by atoms with E-state index in [2.05, 4.69) is 0 Å². The summed E-state index contributed by atoms with van der Waals surface area (Å²) < 4.78 is 4.80. The molecule has 1 aromatic carbocycles. The first-order valence-corrected chi connectivity index (χ1v) is 3.48. The van der Waals surface area contributed by atoms with Gasteiger partial charge in [0.15, 0.2) is 0 Å². The highest BCUT2D eigenvalue weighted by atomic mass is 16.5. The quantitative estimate of drug-likeness (QED) is 0.632. The monoisotopic (exact) mass is 176 g/mol. The maximum atomic E-state index is 10.5. The molecule has 0 atom stereocenters. The van der Waals surface area contributed by atoms with Crippen LogP contribution >= 0.6 is 0 Å². The molecule has 66 valence electrons. The van der Waals surface area contributed by atoms with Crippen LogP contribution in [-0.4, -0.2) is 13.1 Å². The lowest BCUT2D eigenvalue weighted by Crippen LogP contribution is -2.23. The summed E-state index contributed by atoms with van der Waals surface area (Å²) in [6.07, 6.45) is 0. The van der Waals surface area contributed by atoms with Gasteiger partial charge in [0.25, 0.3) is 0 Å². The number of methoxy groups -OCH3 is 1. The van der Waals surface area contributed by atoms with Crippen LogP contribution in [0.3, 0.4) is 0 Å². The summed E-state index contributed by atoms with van der Waals surface area (Å²) in [5.41, 5.74) is -0.0809. The molecule has 4 nitrogen and oxygen atoms in total. The minimum Gasteiger partial charge on any atom is -0.545 e. The largest absolute Gasteiger partial charge is 0.545 e. The van der Waals surface area contributed by atoms with E-state index in [-0.39, 0.29) is 11.1 Å². The number of carboxylic acid groups (broad SMARTS) is 1. The molecule has 1 aromatic rings. The van der Waals surface area contributed by atoms with E-state index in [1.54, 1.807) is 6.07 Å². The fraction of sp³-hybridized carbons (Fsp3) is 0.111. The number of hydrogen-bond donors (Lipinski definition) is 0. The second-order valence-corrected chi connectivity index (χ2v) is 2.31. The van der Waals surface area contributed by atoms with E-state index >= 15 is 0 Å². The second-order valence-electron chi connectivity index (χ2n) is 2.31. The molecule has 0 bridgehead atoms. The number of ether oxygens (including phenoxy) is 1. The minimum atomic E-state index is -1.38. The maximum absolute atomic E-state index is 10.5. The van der Waals surface area contributed by atoms with Crippen LogP contribution in [-0.2, 0) is 0 Å². The fourth-order valence-electron chi connectivity index (χ4n) is 0.917. The van der Waals surface area contributed by atoms with Crippen molar-refractivity contribution in [3.63, 3.8) is 0 Å². The number of carboxylic acids is 1. The number of nitrogens with zero attached hydrogens (tertiary/aromatic N) is 1. The molecular weight excluding hydrogens is 170 g/mol. The Labute approximate surface area is 75.0 Å². The van der Waals surface area contributed by atoms with Crippen LogP contribution in [0, 0.1) is 11.3 Å². The highest BCUT2D eigenvalue weighted by Gasteiger charge is 2.03. The SMILES string of the molecule is COc1ccc(C#N)c(C(=O)[O-])c1. The summed E-state index contributed by atoms with van der Waals surface area (Å²) in [5, 5.41) is 19.1. The molecule has 0 aliphatic rings. The van der Waals surface area contributed by atoms with E-state index < -0.39 is 5.97 Å². The van der Waals surface area contributed by atoms with Gasteiger partial charge in [-0.15, -0.1) is 0 Å². The summed E-state index contributed by atoms with van der Waals surface area (Å²) in [7, 11) is 1.42. The summed E-state index contributed by atoms with van der Waals surface area (Å²) in [6, 6.07) is 5.91. The van der Waals surface area contributed by atoms with Gasteiger partial charge in [0.1, 0.15) is 5.75 Å². The minimum absolute atomic E-state index is 0.0702. The molecular formula is C9H6NO3-. The van der Waals surface area contributed by atoms with Gasteiger partial charge in [0.05, 0.1) is 24.7 Å². The predicted molar refractivity (Wildman–Crippen MR) is 42.0 cm³/mol. The Morgan fingerprint density at radius 1 is 1.62 bits per heavy atom. The number of rotatable bonds is 2. The van der Waals surface area contributed by atoms with Gasteiger partial charge in [-0.25, -0.2) is 0 Å². The van der Waals surface area contributed by atoms with Crippen molar-refractivity contribution in [1.82, 2.24) is 0 Å². The van der Waals surface area contributed by atoms with Crippen LogP contribution < -0.4 is 9.84 Å². The van der Waals surface area contributed by atoms with Gasteiger partial charge in [0, 0.05) is 5.56 Å². The van der Waals surface area contributed by atoms with Gasteiger partial charge in [-0.05, 0) is 18.2 Å². The third kappa shape index (κ3) is 1.76. The standard InChI is InChI=1S/C9H7NO3/c1-13-7-3-2-6(5-10)8(4-7)9(11)12/h2-4H,1H3,(H,11,12)/p-1. The second kappa shape index (κ2) is 3.59. The van der Waals surface area contributed by atoms with Crippen molar-refractivity contribution < 1.29 is 14.6 Å². The normalized spacial score (nSPS) is 8.92. The van der Waals surface area contributed by atoms with Crippen molar-refractivity contribution >= 4 is 5.97 Å². The van der Waals surface area contributed by atoms with Gasteiger partial charge < -0.3 is 14.6 Å². The van der Waals surface area contributed by atoms with Crippen molar-refractivity contribution in [2.45, 2.75) is 0 Å². The first-order valence-electron chi connectivity index (χ1n) is 3.48. The van der Waals surface area contributed by atoms with E-state index in [4.69, 9.17) is 10.00 Å². The van der Waals surface area contributed by atoms with Crippen molar-refractivity contribution in [1.29, 1.82) is 5.26 Å². The van der Waals surface area contributed by atoms with E-state index in [9.17, 15) is 9.90 Å². The lowest BCUT2D eigenvalue weighted by Gasteiger charge is -2.06. The molecule has 0 saturated heterocycles. The number of nitriles is 1. The molecule has 0 fully saturated rings. The number of carbonyl (C=O) groups is 1. The summed E-state index contributed by atoms with van der Waals surface area (Å²) in [6.45, 7) is 0. The Morgan fingerprint density at radius 2 is 2.31 bits per heavy atom. The van der Waals surface area contributed by atoms with Crippen molar-refractivity contribution in [2.75, 3.05) is 7.11 Å². The summed E-state index contributed by atoms with van der Waals surface area (Å²) in [4.78, 5) is 10.5. The molecule has 0 radical (unpaired) electrons. The lowest BCUT2D eigenvalue weighted by molar-refractivity contribution is -0.255. The van der Waals surface area contributed by atoms with Crippen LogP contribution in [0.2, 0.25) is 0 Å². The molecule has 0 spiro atoms. The third-order valence-electron chi connectivity index (χ3n) is 1.57. The van der Waals surface area contributed by atoms with Crippen LogP contribution in [0.1, 0.15) is 15.9 Å². The zero-order chi connectivity index (χ0) is 9.84. The first kappa shape index (κ1) is 9.07. The molecule has 1 rings (SSSR count). The zero-order valence-electron chi connectivity index (χ0n) is 6.90. The van der Waals surface area contributed by atoms with Crippen molar-refractivity contribution in [3.05, 3.63) is 29.3 Å². The maximum Gasteiger partial charge on any atom is 0.119 e. The molecule has 0 heterocycles. The Hall–Kier alpha value is -2.02. The van der Waals surface area contributed by atoms with Crippen LogP contribution in [0.15, 0.2) is 18.2 Å². The highest BCUT2D eigenvalue weighted by molar-refractivity contribution is 5.89. The molecule has 0 aliphatic carbocycles. The molecule has 0 aromatic heterocycles. The van der Waals surface area contributed by atoms with E-state index in [0.29, 0.717) is 5.75 Å². The number of carbonyl (C=O) groups excluding carboxylic acids is 1. The predicted octanol–water partition coefficient (Wildman–Crippen LogP) is -0.0696. The van der Waals surface area contributed by atoms with Gasteiger partial charge in [-0.1, -0.05) is 0 Å². The number of hydrogen-bond acceptors (Lipinski definition) is 4. The Balaban J connectivity index is 3.28. The van der Waals surface area contributed by atoms with Crippen molar-refractivity contribution in [2.24, 2.45) is 0 Å². The van der Waals surface area contributed by atoms with Crippen molar-refractivity contribution in [3.8, 4) is 11.8 Å². The fourth-order valence-corrected chi connectivity index (χ4v) is 0.917. The van der Waals surface area contributed by atoms with E-state index in [1.807, 2.05) is 0 Å². The van der Waals surface area contributed by atoms with Crippen LogP contribution in [0.5, 0.6) is 5.75 Å².